The van der Waals surface area contributed by atoms with Crippen molar-refractivity contribution < 1.29 is 4.79 Å². The van der Waals surface area contributed by atoms with E-state index in [-0.39, 0.29) is 17.1 Å². The maximum Gasteiger partial charge on any atom is 0.231 e. The maximum atomic E-state index is 11.9. The molecular weight excluding hydrogens is 214 g/mol. The van der Waals surface area contributed by atoms with Gasteiger partial charge in [-0.1, -0.05) is 6.92 Å². The number of carbonyl (C=O) groups is 1. The highest BCUT2D eigenvalue weighted by atomic mass is 35.5. The highest BCUT2D eigenvalue weighted by Gasteiger charge is 2.31. The van der Waals surface area contributed by atoms with Crippen LogP contribution in [0.25, 0.3) is 0 Å². The summed E-state index contributed by atoms with van der Waals surface area (Å²) in [5.41, 5.74) is 0. The summed E-state index contributed by atoms with van der Waals surface area (Å²) in [5.74, 6) is 0.891. The van der Waals surface area contributed by atoms with Crippen molar-refractivity contribution in [1.82, 2.24) is 9.97 Å². The van der Waals surface area contributed by atoms with Crippen LogP contribution in [0.2, 0.25) is 5.28 Å². The molecule has 1 saturated heterocycles. The van der Waals surface area contributed by atoms with E-state index in [9.17, 15) is 4.79 Å². The zero-order chi connectivity index (χ0) is 10.8. The fourth-order valence-electron chi connectivity index (χ4n) is 1.82. The molecule has 1 amide bonds. The van der Waals surface area contributed by atoms with Gasteiger partial charge in [0.05, 0.1) is 0 Å². The highest BCUT2D eigenvalue weighted by molar-refractivity contribution is 6.28. The van der Waals surface area contributed by atoms with Gasteiger partial charge in [-0.3, -0.25) is 9.69 Å². The topological polar surface area (TPSA) is 46.1 Å². The summed E-state index contributed by atoms with van der Waals surface area (Å²) in [4.78, 5) is 21.4. The van der Waals surface area contributed by atoms with Crippen molar-refractivity contribution in [2.45, 2.75) is 19.8 Å². The van der Waals surface area contributed by atoms with Crippen molar-refractivity contribution in [3.8, 4) is 0 Å². The largest absolute Gasteiger partial charge is 0.296 e. The molecule has 0 aliphatic carbocycles. The first-order valence-electron chi connectivity index (χ1n) is 5.02. The van der Waals surface area contributed by atoms with E-state index in [1.165, 1.54) is 0 Å². The Labute approximate surface area is 93.3 Å². The van der Waals surface area contributed by atoms with E-state index in [0.717, 1.165) is 19.4 Å². The molecule has 1 unspecified atom stereocenters. The quantitative estimate of drug-likeness (QED) is 0.723. The van der Waals surface area contributed by atoms with Gasteiger partial charge in [-0.15, -0.1) is 0 Å². The maximum absolute atomic E-state index is 11.9. The lowest BCUT2D eigenvalue weighted by Gasteiger charge is -2.14. The average Bonchev–Trinajstić information content (AvgIpc) is 2.59. The molecule has 2 heterocycles. The van der Waals surface area contributed by atoms with Crippen molar-refractivity contribution in [3.05, 3.63) is 17.5 Å². The zero-order valence-electron chi connectivity index (χ0n) is 8.48. The van der Waals surface area contributed by atoms with Crippen LogP contribution in [0.4, 0.5) is 5.82 Å². The van der Waals surface area contributed by atoms with Crippen molar-refractivity contribution in [3.63, 3.8) is 0 Å². The van der Waals surface area contributed by atoms with Crippen molar-refractivity contribution in [2.24, 2.45) is 5.92 Å². The molecule has 1 aromatic heterocycles. The Kier molecular flexibility index (Phi) is 2.86. The van der Waals surface area contributed by atoms with E-state index in [2.05, 4.69) is 9.97 Å². The average molecular weight is 226 g/mol. The predicted molar refractivity (Wildman–Crippen MR) is 57.8 cm³/mol. The Balaban J connectivity index is 2.22. The van der Waals surface area contributed by atoms with Crippen LogP contribution in [-0.2, 0) is 4.79 Å². The Hall–Kier alpha value is -1.16. The van der Waals surface area contributed by atoms with Gasteiger partial charge in [-0.05, 0) is 30.5 Å². The second kappa shape index (κ2) is 4.14. The number of nitrogens with zero attached hydrogens (tertiary/aromatic N) is 3. The molecular formula is C10H12ClN3O. The smallest absolute Gasteiger partial charge is 0.231 e. The van der Waals surface area contributed by atoms with Crippen molar-refractivity contribution >= 4 is 23.3 Å². The minimum atomic E-state index is 0.138. The van der Waals surface area contributed by atoms with Gasteiger partial charge in [-0.25, -0.2) is 9.97 Å². The third kappa shape index (κ3) is 1.95. The third-order valence-corrected chi connectivity index (χ3v) is 2.88. The molecule has 5 heteroatoms. The lowest BCUT2D eigenvalue weighted by atomic mass is 10.1. The standard InChI is InChI=1S/C10H12ClN3O/c1-2-7-4-6-14(9(7)15)8-3-5-12-10(11)13-8/h3,5,7H,2,4,6H2,1H3. The van der Waals surface area contributed by atoms with E-state index in [1.807, 2.05) is 6.92 Å². The summed E-state index contributed by atoms with van der Waals surface area (Å²) < 4.78 is 0. The minimum Gasteiger partial charge on any atom is -0.296 e. The second-order valence-corrected chi connectivity index (χ2v) is 3.91. The minimum absolute atomic E-state index is 0.138. The van der Waals surface area contributed by atoms with Gasteiger partial charge < -0.3 is 0 Å². The first kappa shape index (κ1) is 10.4. The van der Waals surface area contributed by atoms with E-state index >= 15 is 0 Å². The molecule has 0 radical (unpaired) electrons. The van der Waals surface area contributed by atoms with Gasteiger partial charge in [0.25, 0.3) is 0 Å². The molecule has 1 atom stereocenters. The monoisotopic (exact) mass is 225 g/mol. The molecule has 0 N–H and O–H groups in total. The highest BCUT2D eigenvalue weighted by Crippen LogP contribution is 2.25. The number of anilines is 1. The summed E-state index contributed by atoms with van der Waals surface area (Å²) in [6, 6.07) is 1.71. The number of amides is 1. The lowest BCUT2D eigenvalue weighted by molar-refractivity contribution is -0.120. The number of halogens is 1. The number of carbonyl (C=O) groups excluding carboxylic acids is 1. The molecule has 1 aliphatic rings. The summed E-state index contributed by atoms with van der Waals surface area (Å²) in [7, 11) is 0. The third-order valence-electron chi connectivity index (χ3n) is 2.70. The van der Waals surface area contributed by atoms with Crippen LogP contribution < -0.4 is 4.90 Å². The Morgan fingerprint density at radius 1 is 1.67 bits per heavy atom. The van der Waals surface area contributed by atoms with Crippen LogP contribution in [0.1, 0.15) is 19.8 Å². The summed E-state index contributed by atoms with van der Waals surface area (Å²) >= 11 is 5.68. The fourth-order valence-corrected chi connectivity index (χ4v) is 1.96. The van der Waals surface area contributed by atoms with E-state index in [4.69, 9.17) is 11.6 Å². The molecule has 1 fully saturated rings. The summed E-state index contributed by atoms with van der Waals surface area (Å²) in [6.07, 6.45) is 3.35. The fraction of sp³-hybridized carbons (Fsp3) is 0.500. The SMILES string of the molecule is CCC1CCN(c2ccnc(Cl)n2)C1=O. The van der Waals surface area contributed by atoms with Gasteiger partial charge >= 0.3 is 0 Å². The molecule has 15 heavy (non-hydrogen) atoms. The van der Waals surface area contributed by atoms with Gasteiger partial charge in [-0.2, -0.15) is 0 Å². The van der Waals surface area contributed by atoms with Crippen LogP contribution in [-0.4, -0.2) is 22.4 Å². The van der Waals surface area contributed by atoms with Crippen LogP contribution in [0.5, 0.6) is 0 Å². The van der Waals surface area contributed by atoms with Gasteiger partial charge in [0.15, 0.2) is 0 Å². The first-order chi connectivity index (χ1) is 7.22. The predicted octanol–water partition coefficient (Wildman–Crippen LogP) is 1.89. The number of hydrogen-bond donors (Lipinski definition) is 0. The van der Waals surface area contributed by atoms with E-state index in [0.29, 0.717) is 5.82 Å². The molecule has 4 nitrogen and oxygen atoms in total. The van der Waals surface area contributed by atoms with E-state index < -0.39 is 0 Å². The molecule has 0 aromatic carbocycles. The van der Waals surface area contributed by atoms with Crippen LogP contribution >= 0.6 is 11.6 Å². The number of rotatable bonds is 2. The Morgan fingerprint density at radius 2 is 2.47 bits per heavy atom. The summed E-state index contributed by atoms with van der Waals surface area (Å²) in [6.45, 7) is 2.75. The first-order valence-corrected chi connectivity index (χ1v) is 5.40. The van der Waals surface area contributed by atoms with Gasteiger partial charge in [0.2, 0.25) is 11.2 Å². The lowest BCUT2D eigenvalue weighted by Crippen LogP contribution is -2.27. The molecule has 1 aliphatic heterocycles. The normalized spacial score (nSPS) is 21.1. The summed E-state index contributed by atoms with van der Waals surface area (Å²) in [5, 5.41) is 0.181. The van der Waals surface area contributed by atoms with Gasteiger partial charge in [0.1, 0.15) is 5.82 Å². The number of hydrogen-bond acceptors (Lipinski definition) is 3. The molecule has 0 spiro atoms. The van der Waals surface area contributed by atoms with Crippen LogP contribution in [0, 0.1) is 5.92 Å². The van der Waals surface area contributed by atoms with Crippen LogP contribution in [0.15, 0.2) is 12.3 Å². The van der Waals surface area contributed by atoms with E-state index in [1.54, 1.807) is 17.2 Å². The molecule has 0 saturated carbocycles. The van der Waals surface area contributed by atoms with Gasteiger partial charge in [0, 0.05) is 18.7 Å². The molecule has 0 bridgehead atoms. The molecule has 80 valence electrons. The number of aromatic nitrogens is 2. The van der Waals surface area contributed by atoms with Crippen molar-refractivity contribution in [2.75, 3.05) is 11.4 Å². The Morgan fingerprint density at radius 3 is 3.07 bits per heavy atom. The van der Waals surface area contributed by atoms with Crippen LogP contribution in [0.3, 0.4) is 0 Å². The zero-order valence-corrected chi connectivity index (χ0v) is 9.24. The molecule has 2 rings (SSSR count). The second-order valence-electron chi connectivity index (χ2n) is 3.57. The van der Waals surface area contributed by atoms with Crippen molar-refractivity contribution in [1.29, 1.82) is 0 Å². The Bertz CT molecular complexity index is 383. The molecule has 1 aromatic rings.